The lowest BCUT2D eigenvalue weighted by atomic mass is 9.93. The van der Waals surface area contributed by atoms with Gasteiger partial charge in [-0.1, -0.05) is 45.0 Å². The minimum absolute atomic E-state index is 0.0778. The molecule has 2 N–H and O–H groups in total. The highest BCUT2D eigenvalue weighted by molar-refractivity contribution is 6.74. The second-order valence-corrected chi connectivity index (χ2v) is 18.1. The summed E-state index contributed by atoms with van der Waals surface area (Å²) >= 11 is 0. The summed E-state index contributed by atoms with van der Waals surface area (Å²) in [7, 11) is -0.314. The number of aromatic nitrogens is 3. The van der Waals surface area contributed by atoms with Crippen LogP contribution in [0.4, 0.5) is 0 Å². The van der Waals surface area contributed by atoms with Crippen molar-refractivity contribution in [3.63, 3.8) is 0 Å². The number of ether oxygens (including phenoxy) is 1. The summed E-state index contributed by atoms with van der Waals surface area (Å²) in [5, 5.41) is 4.61. The van der Waals surface area contributed by atoms with Gasteiger partial charge in [-0.05, 0) is 72.4 Å². The largest absolute Gasteiger partial charge is 0.496 e. The van der Waals surface area contributed by atoms with Crippen LogP contribution in [0.1, 0.15) is 42.3 Å². The van der Waals surface area contributed by atoms with Crippen molar-refractivity contribution in [1.82, 2.24) is 19.9 Å². The van der Waals surface area contributed by atoms with Crippen LogP contribution in [0.15, 0.2) is 79.4 Å². The number of para-hydroxylation sites is 1. The summed E-state index contributed by atoms with van der Waals surface area (Å²) in [6, 6.07) is 18.4. The zero-order valence-electron chi connectivity index (χ0n) is 26.5. The lowest BCUT2D eigenvalue weighted by molar-refractivity contribution is 0.0918. The first kappa shape index (κ1) is 29.9. The lowest BCUT2D eigenvalue weighted by Crippen LogP contribution is -2.47. The molecular weight excluding hydrogens is 565 g/mol. The third-order valence-electron chi connectivity index (χ3n) is 9.38. The Morgan fingerprint density at radius 2 is 1.93 bits per heavy atom. The topological polar surface area (TPSA) is 81.2 Å². The summed E-state index contributed by atoms with van der Waals surface area (Å²) < 4.78 is 14.6. The summed E-state index contributed by atoms with van der Waals surface area (Å²) in [6.45, 7) is 12.5. The molecule has 8 heteroatoms. The van der Waals surface area contributed by atoms with E-state index in [1.54, 1.807) is 13.3 Å². The van der Waals surface area contributed by atoms with Crippen LogP contribution in [0.2, 0.25) is 18.1 Å². The van der Waals surface area contributed by atoms with Gasteiger partial charge in [-0.3, -0.25) is 9.78 Å². The molecule has 0 saturated carbocycles. The summed E-state index contributed by atoms with van der Waals surface area (Å²) in [5.41, 5.74) is 8.28. The molecule has 0 bridgehead atoms. The van der Waals surface area contributed by atoms with E-state index in [-0.39, 0.29) is 17.0 Å². The molecule has 1 aliphatic rings. The number of H-pyrrole nitrogens is 1. The van der Waals surface area contributed by atoms with Crippen LogP contribution in [0.25, 0.3) is 33.3 Å². The van der Waals surface area contributed by atoms with Crippen molar-refractivity contribution in [1.29, 1.82) is 0 Å². The van der Waals surface area contributed by atoms with Crippen molar-refractivity contribution in [3.8, 4) is 28.1 Å². The molecule has 1 amide bonds. The number of hydrogen-bond donors (Lipinski definition) is 2. The number of rotatable bonds is 9. The minimum atomic E-state index is -2.02. The number of benzene rings is 2. The summed E-state index contributed by atoms with van der Waals surface area (Å²) in [4.78, 5) is 21.6. The van der Waals surface area contributed by atoms with Crippen LogP contribution in [-0.2, 0) is 23.8 Å². The Kier molecular flexibility index (Phi) is 7.98. The molecule has 44 heavy (non-hydrogen) atoms. The normalized spacial score (nSPS) is 13.8. The Morgan fingerprint density at radius 3 is 2.68 bits per heavy atom. The Labute approximate surface area is 260 Å². The molecule has 4 heterocycles. The Hall–Kier alpha value is -4.14. The van der Waals surface area contributed by atoms with Gasteiger partial charge in [0.15, 0.2) is 8.32 Å². The van der Waals surface area contributed by atoms with Crippen LogP contribution >= 0.6 is 0 Å². The molecule has 1 aliphatic heterocycles. The first-order valence-corrected chi connectivity index (χ1v) is 18.3. The van der Waals surface area contributed by atoms with Crippen molar-refractivity contribution < 1.29 is 14.0 Å². The quantitative estimate of drug-likeness (QED) is 0.169. The van der Waals surface area contributed by atoms with Gasteiger partial charge in [0.1, 0.15) is 5.75 Å². The number of amides is 1. The molecule has 0 spiro atoms. The smallest absolute Gasteiger partial charge is 0.253 e. The van der Waals surface area contributed by atoms with Crippen LogP contribution in [0.3, 0.4) is 0 Å². The minimum Gasteiger partial charge on any atom is -0.496 e. The van der Waals surface area contributed by atoms with Gasteiger partial charge in [-0.25, -0.2) is 0 Å². The van der Waals surface area contributed by atoms with Crippen molar-refractivity contribution >= 4 is 25.1 Å². The van der Waals surface area contributed by atoms with E-state index in [2.05, 4.69) is 90.2 Å². The number of hydrogen-bond acceptors (Lipinski definition) is 4. The standard InChI is InChI=1S/C36H42N4O3Si/c1-36(2,3)44(5,6)43-23-28(16-26-21-38-32-12-8-7-11-29(26)32)39-35(41)27-17-33-30-19-31(25-10-9-14-37-20-25)34(42-4)18-24(30)13-15-40(33)22-27/h7-12,14,17-22,28,38H,13,15-16,23H2,1-6H3,(H,39,41). The van der Waals surface area contributed by atoms with Crippen LogP contribution in [0.5, 0.6) is 5.75 Å². The number of aromatic amines is 1. The lowest BCUT2D eigenvalue weighted by Gasteiger charge is -2.37. The first-order valence-electron chi connectivity index (χ1n) is 15.4. The van der Waals surface area contributed by atoms with Gasteiger partial charge in [0.25, 0.3) is 5.91 Å². The molecule has 0 saturated heterocycles. The van der Waals surface area contributed by atoms with E-state index in [4.69, 9.17) is 9.16 Å². The van der Waals surface area contributed by atoms with E-state index in [9.17, 15) is 4.79 Å². The summed E-state index contributed by atoms with van der Waals surface area (Å²) in [5.74, 6) is 0.745. The number of carbonyl (C=O) groups excluding carboxylic acids is 1. The third-order valence-corrected chi connectivity index (χ3v) is 13.9. The van der Waals surface area contributed by atoms with Crippen molar-refractivity contribution in [2.24, 2.45) is 0 Å². The number of nitrogens with one attached hydrogen (secondary N) is 2. The van der Waals surface area contributed by atoms with Gasteiger partial charge < -0.3 is 24.0 Å². The zero-order valence-corrected chi connectivity index (χ0v) is 27.5. The number of pyridine rings is 1. The Balaban J connectivity index is 1.29. The molecule has 2 aromatic carbocycles. The van der Waals surface area contributed by atoms with E-state index in [0.717, 1.165) is 46.6 Å². The average Bonchev–Trinajstić information content (AvgIpc) is 3.64. The van der Waals surface area contributed by atoms with Gasteiger partial charge in [0.2, 0.25) is 0 Å². The van der Waals surface area contributed by atoms with E-state index < -0.39 is 8.32 Å². The summed E-state index contributed by atoms with van der Waals surface area (Å²) in [6.07, 6.45) is 9.20. The van der Waals surface area contributed by atoms with Crippen LogP contribution < -0.4 is 10.1 Å². The van der Waals surface area contributed by atoms with E-state index in [0.29, 0.717) is 18.6 Å². The number of carbonyl (C=O) groups is 1. The number of aryl methyl sites for hydroxylation is 2. The molecule has 1 unspecified atom stereocenters. The molecule has 7 nitrogen and oxygen atoms in total. The molecule has 1 atom stereocenters. The number of nitrogens with zero attached hydrogens (tertiary/aromatic N) is 2. The molecule has 6 rings (SSSR count). The van der Waals surface area contributed by atoms with Crippen molar-refractivity contribution in [2.45, 2.75) is 64.3 Å². The van der Waals surface area contributed by atoms with Gasteiger partial charge in [-0.2, -0.15) is 0 Å². The second kappa shape index (κ2) is 11.7. The average molecular weight is 607 g/mol. The van der Waals surface area contributed by atoms with Gasteiger partial charge >= 0.3 is 0 Å². The molecule has 0 radical (unpaired) electrons. The molecule has 0 fully saturated rings. The molecule has 3 aromatic heterocycles. The van der Waals surface area contributed by atoms with E-state index in [1.165, 1.54) is 16.5 Å². The maximum atomic E-state index is 13.9. The first-order chi connectivity index (χ1) is 21.0. The van der Waals surface area contributed by atoms with E-state index >= 15 is 0 Å². The predicted octanol–water partition coefficient (Wildman–Crippen LogP) is 7.63. The van der Waals surface area contributed by atoms with Crippen LogP contribution in [-0.4, -0.2) is 48.5 Å². The highest BCUT2D eigenvalue weighted by atomic mass is 28.4. The predicted molar refractivity (Wildman–Crippen MR) is 180 cm³/mol. The van der Waals surface area contributed by atoms with E-state index in [1.807, 2.05) is 36.7 Å². The number of fused-ring (bicyclic) bond motifs is 4. The highest BCUT2D eigenvalue weighted by Gasteiger charge is 2.38. The molecule has 0 aliphatic carbocycles. The highest BCUT2D eigenvalue weighted by Crippen LogP contribution is 2.40. The fourth-order valence-corrected chi connectivity index (χ4v) is 6.83. The third kappa shape index (κ3) is 5.84. The Morgan fingerprint density at radius 1 is 1.11 bits per heavy atom. The van der Waals surface area contributed by atoms with Gasteiger partial charge in [-0.15, -0.1) is 0 Å². The molecule has 228 valence electrons. The maximum Gasteiger partial charge on any atom is 0.253 e. The fourth-order valence-electron chi connectivity index (χ4n) is 5.78. The van der Waals surface area contributed by atoms with Crippen molar-refractivity contribution in [3.05, 3.63) is 96.1 Å². The SMILES string of the molecule is COc1cc2c(cc1-c1cccnc1)-c1cc(C(=O)NC(CO[Si](C)(C)C(C)(C)C)Cc3c[nH]c4ccccc34)cn1CC2. The fraction of sp³-hybridized carbons (Fsp3) is 0.333. The number of methoxy groups -OCH3 is 1. The monoisotopic (exact) mass is 606 g/mol. The van der Waals surface area contributed by atoms with Crippen LogP contribution in [0, 0.1) is 0 Å². The van der Waals surface area contributed by atoms with Gasteiger partial charge in [0.05, 0.1) is 25.3 Å². The molecule has 5 aromatic rings. The molecular formula is C36H42N4O3Si. The zero-order chi connectivity index (χ0) is 31.1. The van der Waals surface area contributed by atoms with Crippen molar-refractivity contribution in [2.75, 3.05) is 13.7 Å². The second-order valence-electron chi connectivity index (χ2n) is 13.3. The Bertz CT molecular complexity index is 1800. The maximum absolute atomic E-state index is 13.9. The van der Waals surface area contributed by atoms with Gasteiger partial charge in [0, 0.05) is 64.6 Å².